The predicted molar refractivity (Wildman–Crippen MR) is 158 cm³/mol. The highest BCUT2D eigenvalue weighted by Gasteiger charge is 2.28. The number of benzene rings is 2. The van der Waals surface area contributed by atoms with E-state index in [9.17, 15) is 0 Å². The molecule has 0 amide bonds. The Balaban J connectivity index is 0.00000308. The van der Waals surface area contributed by atoms with E-state index in [0.717, 1.165) is 67.3 Å². The lowest BCUT2D eigenvalue weighted by atomic mass is 9.90. The highest BCUT2D eigenvalue weighted by molar-refractivity contribution is 5.74. The molecule has 39 heavy (non-hydrogen) atoms. The van der Waals surface area contributed by atoms with E-state index in [-0.39, 0.29) is 13.5 Å². The van der Waals surface area contributed by atoms with Crippen LogP contribution in [0.15, 0.2) is 85.1 Å². The van der Waals surface area contributed by atoms with E-state index in [4.69, 9.17) is 9.97 Å². The lowest BCUT2D eigenvalue weighted by molar-refractivity contribution is 0.153. The molecule has 0 bridgehead atoms. The summed E-state index contributed by atoms with van der Waals surface area (Å²) < 4.78 is 0. The minimum absolute atomic E-state index is 0. The SMILES string of the molecule is C.Cc1cccc(CNCc2ccc(CN(Cc3nc4ccccc4[nH]3)C3CCCc4cccnc43)cc2)n1. The molecule has 0 spiro atoms. The van der Waals surface area contributed by atoms with Crippen molar-refractivity contribution in [2.75, 3.05) is 0 Å². The van der Waals surface area contributed by atoms with E-state index in [1.807, 2.05) is 25.3 Å². The van der Waals surface area contributed by atoms with Crippen LogP contribution in [0.4, 0.5) is 0 Å². The van der Waals surface area contributed by atoms with Gasteiger partial charge in [0.2, 0.25) is 0 Å². The van der Waals surface area contributed by atoms with Gasteiger partial charge in [-0.3, -0.25) is 14.9 Å². The number of aromatic nitrogens is 4. The van der Waals surface area contributed by atoms with Crippen LogP contribution in [0, 0.1) is 6.92 Å². The van der Waals surface area contributed by atoms with Gasteiger partial charge in [-0.2, -0.15) is 0 Å². The third kappa shape index (κ3) is 6.41. The fraction of sp³-hybridized carbons (Fsp3) is 0.303. The standard InChI is InChI=1S/C32H34N6.CH4/c1-23-7-4-10-27(35-23)20-33-19-24-14-16-25(17-15-24)21-38(22-31-36-28-11-2-3-12-29(28)37-31)30-13-5-8-26-9-6-18-34-32(26)30;/h2-4,6-7,9-12,14-18,30,33H,5,8,13,19-22H2,1H3,(H,36,37);1H4. The van der Waals surface area contributed by atoms with Crippen LogP contribution in [-0.2, 0) is 32.6 Å². The van der Waals surface area contributed by atoms with E-state index in [2.05, 4.69) is 86.9 Å². The summed E-state index contributed by atoms with van der Waals surface area (Å²) in [7, 11) is 0. The first kappa shape index (κ1) is 26.7. The van der Waals surface area contributed by atoms with Gasteiger partial charge in [-0.1, -0.05) is 56.0 Å². The maximum Gasteiger partial charge on any atom is 0.121 e. The molecule has 2 aromatic carbocycles. The van der Waals surface area contributed by atoms with Crippen LogP contribution in [0.25, 0.3) is 11.0 Å². The molecule has 6 nitrogen and oxygen atoms in total. The van der Waals surface area contributed by atoms with Crippen LogP contribution in [0.2, 0.25) is 0 Å². The maximum absolute atomic E-state index is 4.89. The first-order chi connectivity index (χ1) is 18.7. The monoisotopic (exact) mass is 518 g/mol. The first-order valence-electron chi connectivity index (χ1n) is 13.5. The number of pyridine rings is 2. The van der Waals surface area contributed by atoms with Crippen molar-refractivity contribution in [2.24, 2.45) is 0 Å². The van der Waals surface area contributed by atoms with Gasteiger partial charge in [-0.05, 0) is 73.2 Å². The van der Waals surface area contributed by atoms with E-state index >= 15 is 0 Å². The summed E-state index contributed by atoms with van der Waals surface area (Å²) in [5.41, 5.74) is 9.40. The zero-order valence-corrected chi connectivity index (χ0v) is 21.9. The van der Waals surface area contributed by atoms with Crippen molar-refractivity contribution in [1.82, 2.24) is 30.2 Å². The number of rotatable bonds is 9. The Labute approximate surface area is 231 Å². The third-order valence-corrected chi connectivity index (χ3v) is 7.39. The minimum Gasteiger partial charge on any atom is -0.341 e. The number of aryl methyl sites for hydroxylation is 2. The molecule has 0 fully saturated rings. The molecule has 0 aliphatic heterocycles. The molecule has 3 heterocycles. The number of aromatic amines is 1. The quantitative estimate of drug-likeness (QED) is 0.228. The molecule has 0 radical (unpaired) electrons. The smallest absolute Gasteiger partial charge is 0.121 e. The summed E-state index contributed by atoms with van der Waals surface area (Å²) in [6, 6.07) is 28.0. The molecule has 0 saturated heterocycles. The molecule has 1 aliphatic rings. The van der Waals surface area contributed by atoms with Gasteiger partial charge in [-0.25, -0.2) is 4.98 Å². The summed E-state index contributed by atoms with van der Waals surface area (Å²) in [6.45, 7) is 5.21. The van der Waals surface area contributed by atoms with Crippen molar-refractivity contribution in [2.45, 2.75) is 65.8 Å². The van der Waals surface area contributed by atoms with Crippen LogP contribution < -0.4 is 5.32 Å². The topological polar surface area (TPSA) is 69.7 Å². The van der Waals surface area contributed by atoms with Crippen molar-refractivity contribution in [3.63, 3.8) is 0 Å². The molecule has 5 aromatic rings. The average Bonchev–Trinajstić information content (AvgIpc) is 3.36. The number of hydrogen-bond acceptors (Lipinski definition) is 5. The van der Waals surface area contributed by atoms with E-state index < -0.39 is 0 Å². The maximum atomic E-state index is 4.89. The van der Waals surface area contributed by atoms with Crippen LogP contribution in [0.1, 0.15) is 65.9 Å². The average molecular weight is 519 g/mol. The van der Waals surface area contributed by atoms with Crippen molar-refractivity contribution in [1.29, 1.82) is 0 Å². The second-order valence-electron chi connectivity index (χ2n) is 10.3. The highest BCUT2D eigenvalue weighted by Crippen LogP contribution is 2.34. The summed E-state index contributed by atoms with van der Waals surface area (Å²) in [6.07, 6.45) is 5.34. The number of H-pyrrole nitrogens is 1. The first-order valence-corrected chi connectivity index (χ1v) is 13.5. The fourth-order valence-electron chi connectivity index (χ4n) is 5.52. The van der Waals surface area contributed by atoms with Gasteiger partial charge >= 0.3 is 0 Å². The Morgan fingerprint density at radius 2 is 1.72 bits per heavy atom. The molecular weight excluding hydrogens is 480 g/mol. The normalized spacial score (nSPS) is 14.8. The molecule has 0 saturated carbocycles. The lowest BCUT2D eigenvalue weighted by Crippen LogP contribution is -2.31. The number of imidazole rings is 1. The zero-order valence-electron chi connectivity index (χ0n) is 21.9. The molecule has 1 aliphatic carbocycles. The molecule has 6 heteroatoms. The molecular formula is C33H38N6. The summed E-state index contributed by atoms with van der Waals surface area (Å²) in [4.78, 5) is 20.4. The lowest BCUT2D eigenvalue weighted by Gasteiger charge is -2.34. The van der Waals surface area contributed by atoms with E-state index in [1.165, 1.54) is 28.8 Å². The van der Waals surface area contributed by atoms with Crippen molar-refractivity contribution in [3.8, 4) is 0 Å². The van der Waals surface area contributed by atoms with Gasteiger partial charge in [0.05, 0.1) is 35.0 Å². The number of nitrogens with zero attached hydrogens (tertiary/aromatic N) is 4. The highest BCUT2D eigenvalue weighted by atomic mass is 15.2. The number of hydrogen-bond donors (Lipinski definition) is 2. The molecule has 1 atom stereocenters. The molecule has 6 rings (SSSR count). The number of fused-ring (bicyclic) bond motifs is 2. The van der Waals surface area contributed by atoms with Gasteiger partial charge < -0.3 is 10.3 Å². The molecule has 2 N–H and O–H groups in total. The van der Waals surface area contributed by atoms with Gasteiger partial charge in [0.25, 0.3) is 0 Å². The van der Waals surface area contributed by atoms with Crippen LogP contribution in [0.3, 0.4) is 0 Å². The Bertz CT molecular complexity index is 1470. The van der Waals surface area contributed by atoms with Crippen LogP contribution >= 0.6 is 0 Å². The Kier molecular flexibility index (Phi) is 8.45. The molecule has 3 aromatic heterocycles. The van der Waals surface area contributed by atoms with Gasteiger partial charge in [0.15, 0.2) is 0 Å². The van der Waals surface area contributed by atoms with E-state index in [1.54, 1.807) is 0 Å². The summed E-state index contributed by atoms with van der Waals surface area (Å²) in [5, 5.41) is 3.52. The van der Waals surface area contributed by atoms with E-state index in [0.29, 0.717) is 0 Å². The zero-order chi connectivity index (χ0) is 25.7. The van der Waals surface area contributed by atoms with Crippen molar-refractivity contribution >= 4 is 11.0 Å². The Morgan fingerprint density at radius 1 is 0.872 bits per heavy atom. The molecule has 200 valence electrons. The fourth-order valence-corrected chi connectivity index (χ4v) is 5.52. The van der Waals surface area contributed by atoms with Crippen molar-refractivity contribution < 1.29 is 0 Å². The summed E-state index contributed by atoms with van der Waals surface area (Å²) in [5.74, 6) is 1.000. The number of nitrogens with one attached hydrogen (secondary N) is 2. The van der Waals surface area contributed by atoms with Gasteiger partial charge in [0, 0.05) is 31.5 Å². The van der Waals surface area contributed by atoms with Crippen molar-refractivity contribution in [3.05, 3.63) is 125 Å². The third-order valence-electron chi connectivity index (χ3n) is 7.39. The Morgan fingerprint density at radius 3 is 2.56 bits per heavy atom. The molecule has 1 unspecified atom stereocenters. The van der Waals surface area contributed by atoms with Crippen LogP contribution in [0.5, 0.6) is 0 Å². The second kappa shape index (κ2) is 12.3. The second-order valence-corrected chi connectivity index (χ2v) is 10.3. The van der Waals surface area contributed by atoms with Crippen LogP contribution in [-0.4, -0.2) is 24.8 Å². The van der Waals surface area contributed by atoms with Gasteiger partial charge in [-0.15, -0.1) is 0 Å². The Hall–Kier alpha value is -3.87. The largest absolute Gasteiger partial charge is 0.341 e. The number of para-hydroxylation sites is 2. The van der Waals surface area contributed by atoms with Gasteiger partial charge in [0.1, 0.15) is 5.82 Å². The summed E-state index contributed by atoms with van der Waals surface area (Å²) >= 11 is 0. The predicted octanol–water partition coefficient (Wildman–Crippen LogP) is 6.67. The minimum atomic E-state index is 0.